The van der Waals surface area contributed by atoms with Crippen LogP contribution < -0.4 is 15.4 Å². The maximum absolute atomic E-state index is 14.5. The molecule has 2 aromatic rings. The van der Waals surface area contributed by atoms with Gasteiger partial charge in [0.05, 0.1) is 7.11 Å². The highest BCUT2D eigenvalue weighted by Gasteiger charge is 2.39. The van der Waals surface area contributed by atoms with Crippen LogP contribution in [-0.4, -0.2) is 53.2 Å². The molecule has 0 aliphatic heterocycles. The van der Waals surface area contributed by atoms with Crippen LogP contribution in [0.15, 0.2) is 42.5 Å². The summed E-state index contributed by atoms with van der Waals surface area (Å²) in [4.78, 5) is 43.0. The smallest absolute Gasteiger partial charge is 0.408 e. The van der Waals surface area contributed by atoms with E-state index < -0.39 is 35.6 Å². The molecule has 43 heavy (non-hydrogen) atoms. The molecular formula is C34H51N3O6. The van der Waals surface area contributed by atoms with Crippen LogP contribution in [0.25, 0.3) is 0 Å². The van der Waals surface area contributed by atoms with Gasteiger partial charge in [0.2, 0.25) is 5.91 Å². The van der Waals surface area contributed by atoms with Crippen LogP contribution in [0, 0.1) is 12.8 Å². The second-order valence-corrected chi connectivity index (χ2v) is 12.1. The van der Waals surface area contributed by atoms with Crippen molar-refractivity contribution in [1.29, 1.82) is 0 Å². The number of nitrogens with one attached hydrogen (secondary N) is 2. The summed E-state index contributed by atoms with van der Waals surface area (Å²) in [6, 6.07) is 9.96. The predicted molar refractivity (Wildman–Crippen MR) is 170 cm³/mol. The Balaban J connectivity index is 2.60. The molecule has 9 heteroatoms. The number of aryl methyl sites for hydroxylation is 1. The van der Waals surface area contributed by atoms with Crippen LogP contribution in [0.4, 0.5) is 10.5 Å². The van der Waals surface area contributed by atoms with Crippen molar-refractivity contribution in [3.63, 3.8) is 0 Å². The average molecular weight is 598 g/mol. The summed E-state index contributed by atoms with van der Waals surface area (Å²) in [5, 5.41) is 16.9. The summed E-state index contributed by atoms with van der Waals surface area (Å²) in [5.41, 5.74) is 0.664. The number of ether oxygens (including phenoxy) is 2. The zero-order valence-corrected chi connectivity index (χ0v) is 27.2. The van der Waals surface area contributed by atoms with E-state index in [4.69, 9.17) is 9.47 Å². The molecule has 0 bridgehead atoms. The van der Waals surface area contributed by atoms with E-state index in [1.165, 1.54) is 4.90 Å². The first-order chi connectivity index (χ1) is 20.3. The number of aromatic hydroxyl groups is 1. The lowest BCUT2D eigenvalue weighted by Gasteiger charge is -2.36. The van der Waals surface area contributed by atoms with Crippen molar-refractivity contribution in [2.75, 3.05) is 19.0 Å². The van der Waals surface area contributed by atoms with Gasteiger partial charge in [-0.1, -0.05) is 71.1 Å². The number of alkyl carbamates (subject to hydrolysis) is 1. The van der Waals surface area contributed by atoms with Crippen molar-refractivity contribution in [3.8, 4) is 11.5 Å². The summed E-state index contributed by atoms with van der Waals surface area (Å²) in [7, 11) is 1.56. The van der Waals surface area contributed by atoms with E-state index in [1.807, 2.05) is 13.8 Å². The number of para-hydroxylation sites is 1. The number of carbonyl (C=O) groups is 3. The molecule has 0 spiro atoms. The summed E-state index contributed by atoms with van der Waals surface area (Å²) >= 11 is 0. The number of nitrogens with zero attached hydrogens (tertiary/aromatic N) is 1. The number of anilines is 1. The maximum Gasteiger partial charge on any atom is 0.408 e. The van der Waals surface area contributed by atoms with Gasteiger partial charge in [-0.15, -0.1) is 0 Å². The molecule has 3 unspecified atom stereocenters. The van der Waals surface area contributed by atoms with Crippen molar-refractivity contribution in [1.82, 2.24) is 10.2 Å². The van der Waals surface area contributed by atoms with E-state index >= 15 is 0 Å². The van der Waals surface area contributed by atoms with E-state index in [2.05, 4.69) is 17.6 Å². The molecule has 0 saturated heterocycles. The number of methoxy groups -OCH3 is 1. The fourth-order valence-electron chi connectivity index (χ4n) is 4.79. The zero-order chi connectivity index (χ0) is 32.2. The summed E-state index contributed by atoms with van der Waals surface area (Å²) in [5.74, 6) is -0.556. The van der Waals surface area contributed by atoms with Gasteiger partial charge in [0, 0.05) is 17.8 Å². The predicted octanol–water partition coefficient (Wildman–Crippen LogP) is 7.13. The molecule has 0 saturated carbocycles. The first kappa shape index (κ1) is 35.4. The lowest BCUT2D eigenvalue weighted by Crippen LogP contribution is -2.55. The summed E-state index contributed by atoms with van der Waals surface area (Å²) in [6.45, 7) is 13.3. The molecule has 0 heterocycles. The Bertz CT molecular complexity index is 1190. The molecule has 9 nitrogen and oxygen atoms in total. The Labute approximate surface area is 257 Å². The van der Waals surface area contributed by atoms with Crippen LogP contribution in [0.3, 0.4) is 0 Å². The number of unbranched alkanes of at least 4 members (excludes halogenated alkanes) is 4. The van der Waals surface area contributed by atoms with Crippen LogP contribution >= 0.6 is 0 Å². The topological polar surface area (TPSA) is 117 Å². The Kier molecular flexibility index (Phi) is 13.8. The van der Waals surface area contributed by atoms with Crippen LogP contribution in [-0.2, 0) is 14.3 Å². The number of hydrogen-bond acceptors (Lipinski definition) is 6. The van der Waals surface area contributed by atoms with Gasteiger partial charge in [-0.3, -0.25) is 9.59 Å². The van der Waals surface area contributed by atoms with Crippen LogP contribution in [0.5, 0.6) is 11.5 Å². The van der Waals surface area contributed by atoms with Crippen LogP contribution in [0.2, 0.25) is 0 Å². The molecular weight excluding hydrogens is 546 g/mol. The minimum Gasteiger partial charge on any atom is -0.507 e. The molecule has 0 fully saturated rings. The number of phenolic OH excluding ortho intramolecular Hbond substituents is 1. The molecule has 3 atom stereocenters. The number of rotatable bonds is 15. The maximum atomic E-state index is 14.5. The Morgan fingerprint density at radius 1 is 0.977 bits per heavy atom. The molecule has 2 rings (SSSR count). The molecule has 0 radical (unpaired) electrons. The van der Waals surface area contributed by atoms with Gasteiger partial charge in [0.15, 0.2) is 0 Å². The Morgan fingerprint density at radius 3 is 2.21 bits per heavy atom. The van der Waals surface area contributed by atoms with Crippen molar-refractivity contribution in [2.24, 2.45) is 5.92 Å². The van der Waals surface area contributed by atoms with Gasteiger partial charge >= 0.3 is 6.09 Å². The van der Waals surface area contributed by atoms with Crippen molar-refractivity contribution in [2.45, 2.75) is 105 Å². The summed E-state index contributed by atoms with van der Waals surface area (Å²) in [6.07, 6.45) is 4.58. The van der Waals surface area contributed by atoms with Gasteiger partial charge in [0.1, 0.15) is 29.2 Å². The van der Waals surface area contributed by atoms with Gasteiger partial charge in [-0.05, 0) is 69.9 Å². The average Bonchev–Trinajstić information content (AvgIpc) is 2.95. The van der Waals surface area contributed by atoms with Gasteiger partial charge in [0.25, 0.3) is 5.91 Å². The standard InChI is InChI=1S/C34H51N3O6/c1-9-11-12-13-14-22-37(32(40)28(23(3)10-2)36-33(41)43-34(5,6)7)29(27-17-15-16-24(4)30(27)38)31(39)35-25-18-20-26(42-8)21-19-25/h15-21,23,28-29,38H,9-14,22H2,1-8H3,(H,35,39)(H,36,41). The van der Waals surface area contributed by atoms with E-state index in [-0.39, 0.29) is 18.2 Å². The highest BCUT2D eigenvalue weighted by atomic mass is 16.6. The third kappa shape index (κ3) is 10.8. The monoisotopic (exact) mass is 597 g/mol. The second-order valence-electron chi connectivity index (χ2n) is 12.1. The quantitative estimate of drug-likeness (QED) is 0.188. The Hall–Kier alpha value is -3.75. The normalized spacial score (nSPS) is 13.4. The van der Waals surface area contributed by atoms with E-state index in [0.29, 0.717) is 35.4 Å². The number of benzene rings is 2. The fourth-order valence-corrected chi connectivity index (χ4v) is 4.79. The van der Waals surface area contributed by atoms with Crippen molar-refractivity contribution < 1.29 is 29.0 Å². The van der Waals surface area contributed by atoms with Gasteiger partial charge < -0.3 is 30.1 Å². The highest BCUT2D eigenvalue weighted by Crippen LogP contribution is 2.34. The number of hydrogen-bond donors (Lipinski definition) is 3. The minimum absolute atomic E-state index is 0.0543. The van der Waals surface area contributed by atoms with Crippen molar-refractivity contribution >= 4 is 23.6 Å². The number of amides is 3. The molecule has 0 aliphatic carbocycles. The molecule has 3 N–H and O–H groups in total. The third-order valence-electron chi connectivity index (χ3n) is 7.42. The lowest BCUT2D eigenvalue weighted by molar-refractivity contribution is -0.142. The highest BCUT2D eigenvalue weighted by molar-refractivity contribution is 5.99. The van der Waals surface area contributed by atoms with Gasteiger partial charge in [-0.2, -0.15) is 0 Å². The van der Waals surface area contributed by atoms with E-state index in [9.17, 15) is 19.5 Å². The lowest BCUT2D eigenvalue weighted by atomic mass is 9.94. The SMILES string of the molecule is CCCCCCCN(C(=O)C(NC(=O)OC(C)(C)C)C(C)CC)C(C(=O)Nc1ccc(OC)cc1)c1cccc(C)c1O. The molecule has 2 aromatic carbocycles. The largest absolute Gasteiger partial charge is 0.507 e. The van der Waals surface area contributed by atoms with Gasteiger partial charge in [-0.25, -0.2) is 4.79 Å². The number of carbonyl (C=O) groups excluding carboxylic acids is 3. The fraction of sp³-hybridized carbons (Fsp3) is 0.559. The number of phenols is 1. The van der Waals surface area contributed by atoms with Crippen molar-refractivity contribution in [3.05, 3.63) is 53.6 Å². The first-order valence-electron chi connectivity index (χ1n) is 15.4. The zero-order valence-electron chi connectivity index (χ0n) is 27.2. The molecule has 238 valence electrons. The molecule has 0 aliphatic rings. The molecule has 0 aromatic heterocycles. The second kappa shape index (κ2) is 16.8. The summed E-state index contributed by atoms with van der Waals surface area (Å²) < 4.78 is 10.7. The third-order valence-corrected chi connectivity index (χ3v) is 7.42. The van der Waals surface area contributed by atoms with E-state index in [0.717, 1.165) is 25.7 Å². The van der Waals surface area contributed by atoms with E-state index in [1.54, 1.807) is 77.3 Å². The molecule has 3 amide bonds. The van der Waals surface area contributed by atoms with Crippen LogP contribution in [0.1, 0.15) is 97.2 Å². The first-order valence-corrected chi connectivity index (χ1v) is 15.4. The Morgan fingerprint density at radius 2 is 1.63 bits per heavy atom. The minimum atomic E-state index is -1.16.